The second-order valence-electron chi connectivity index (χ2n) is 4.45. The highest BCUT2D eigenvalue weighted by molar-refractivity contribution is 6.33. The van der Waals surface area contributed by atoms with Crippen molar-refractivity contribution in [3.8, 4) is 0 Å². The molecule has 0 aliphatic rings. The average molecular weight is 285 g/mol. The predicted molar refractivity (Wildman–Crippen MR) is 73.8 cm³/mol. The van der Waals surface area contributed by atoms with E-state index in [1.54, 1.807) is 0 Å². The van der Waals surface area contributed by atoms with Crippen LogP contribution in [0.15, 0.2) is 12.1 Å². The van der Waals surface area contributed by atoms with E-state index in [-0.39, 0.29) is 29.0 Å². The van der Waals surface area contributed by atoms with Gasteiger partial charge in [-0.3, -0.25) is 9.59 Å². The number of amides is 2. The molecule has 4 N–H and O–H groups in total. The highest BCUT2D eigenvalue weighted by Crippen LogP contribution is 2.14. The summed E-state index contributed by atoms with van der Waals surface area (Å²) in [4.78, 5) is 27.0. The molecule has 0 radical (unpaired) electrons. The number of nitrogens with zero attached hydrogens (tertiary/aromatic N) is 1. The average Bonchev–Trinajstić information content (AvgIpc) is 2.36. The van der Waals surface area contributed by atoms with Gasteiger partial charge in [-0.2, -0.15) is 0 Å². The largest absolute Gasteiger partial charge is 0.384 e. The van der Waals surface area contributed by atoms with Gasteiger partial charge in [-0.1, -0.05) is 25.4 Å². The number of carbonyl (C=O) groups excluding carboxylic acids is 2. The zero-order valence-electron chi connectivity index (χ0n) is 10.9. The molecule has 7 heteroatoms. The quantitative estimate of drug-likeness (QED) is 0.746. The van der Waals surface area contributed by atoms with E-state index in [1.807, 2.05) is 13.8 Å². The van der Waals surface area contributed by atoms with Crippen molar-refractivity contribution in [2.45, 2.75) is 13.8 Å². The molecule has 1 heterocycles. The Morgan fingerprint density at radius 1 is 1.37 bits per heavy atom. The summed E-state index contributed by atoms with van der Waals surface area (Å²) in [6.45, 7) is 4.40. The Labute approximate surface area is 116 Å². The van der Waals surface area contributed by atoms with Gasteiger partial charge in [-0.15, -0.1) is 0 Å². The first-order valence-electron chi connectivity index (χ1n) is 5.87. The fourth-order valence-corrected chi connectivity index (χ4v) is 1.43. The number of rotatable bonds is 5. The number of hydrogen-bond donors (Lipinski definition) is 3. The van der Waals surface area contributed by atoms with E-state index in [9.17, 15) is 9.59 Å². The van der Waals surface area contributed by atoms with E-state index in [2.05, 4.69) is 15.6 Å². The summed E-state index contributed by atoms with van der Waals surface area (Å²) in [6.07, 6.45) is 0. The summed E-state index contributed by atoms with van der Waals surface area (Å²) in [5.74, 6) is -0.248. The first-order chi connectivity index (χ1) is 8.90. The highest BCUT2D eigenvalue weighted by Gasteiger charge is 2.13. The van der Waals surface area contributed by atoms with Crippen LogP contribution in [0, 0.1) is 5.92 Å². The minimum atomic E-state index is -0.531. The van der Waals surface area contributed by atoms with Gasteiger partial charge in [0.25, 0.3) is 5.91 Å². The second kappa shape index (κ2) is 6.94. The summed E-state index contributed by atoms with van der Waals surface area (Å²) in [7, 11) is 0. The maximum Gasteiger partial charge on any atom is 0.271 e. The molecular weight excluding hydrogens is 268 g/mol. The second-order valence-corrected chi connectivity index (χ2v) is 4.85. The Morgan fingerprint density at radius 2 is 2.05 bits per heavy atom. The van der Waals surface area contributed by atoms with Gasteiger partial charge in [-0.25, -0.2) is 4.98 Å². The normalized spacial score (nSPS) is 10.3. The van der Waals surface area contributed by atoms with Crippen molar-refractivity contribution in [1.82, 2.24) is 15.6 Å². The lowest BCUT2D eigenvalue weighted by atomic mass is 10.2. The van der Waals surface area contributed by atoms with Crippen LogP contribution in [0.1, 0.15) is 24.3 Å². The summed E-state index contributed by atoms with van der Waals surface area (Å²) >= 11 is 5.83. The highest BCUT2D eigenvalue weighted by atomic mass is 35.5. The molecule has 0 saturated heterocycles. The third-order valence-electron chi connectivity index (χ3n) is 2.20. The topological polar surface area (TPSA) is 97.1 Å². The maximum atomic E-state index is 11.8. The number of nitrogens with two attached hydrogens (primary N) is 1. The first-order valence-corrected chi connectivity index (χ1v) is 6.25. The molecule has 6 nitrogen and oxygen atoms in total. The van der Waals surface area contributed by atoms with Gasteiger partial charge in [0, 0.05) is 6.54 Å². The van der Waals surface area contributed by atoms with Crippen LogP contribution in [0.25, 0.3) is 0 Å². The maximum absolute atomic E-state index is 11.8. The van der Waals surface area contributed by atoms with Crippen molar-refractivity contribution in [3.05, 3.63) is 22.8 Å². The van der Waals surface area contributed by atoms with E-state index in [0.717, 1.165) is 0 Å². The molecule has 104 valence electrons. The molecule has 0 spiro atoms. The Hall–Kier alpha value is -1.82. The predicted octanol–water partition coefficient (Wildman–Crippen LogP) is 0.819. The fourth-order valence-electron chi connectivity index (χ4n) is 1.24. The Morgan fingerprint density at radius 3 is 2.68 bits per heavy atom. The summed E-state index contributed by atoms with van der Waals surface area (Å²) in [5.41, 5.74) is 5.49. The molecule has 1 aromatic rings. The molecule has 0 bridgehead atoms. The van der Waals surface area contributed by atoms with Gasteiger partial charge >= 0.3 is 0 Å². The lowest BCUT2D eigenvalue weighted by molar-refractivity contribution is -0.120. The lowest BCUT2D eigenvalue weighted by Gasteiger charge is -2.09. The van der Waals surface area contributed by atoms with Crippen LogP contribution < -0.4 is 16.4 Å². The number of carbonyl (C=O) groups is 2. The van der Waals surface area contributed by atoms with Gasteiger partial charge in [0.05, 0.1) is 11.6 Å². The van der Waals surface area contributed by atoms with Crippen molar-refractivity contribution in [3.63, 3.8) is 0 Å². The zero-order chi connectivity index (χ0) is 14.4. The standard InChI is InChI=1S/C12H17ClN4O2/c1-7(2)5-15-10(18)6-16-12(19)11-8(13)3-4-9(14)17-11/h3-4,7H,5-6H2,1-2H3,(H2,14,17)(H,15,18)(H,16,19). The number of nitrogen functional groups attached to an aromatic ring is 1. The van der Waals surface area contributed by atoms with Crippen LogP contribution in [0.4, 0.5) is 5.82 Å². The van der Waals surface area contributed by atoms with E-state index in [1.165, 1.54) is 12.1 Å². The van der Waals surface area contributed by atoms with Crippen LogP contribution in [-0.2, 0) is 4.79 Å². The molecule has 0 unspecified atom stereocenters. The van der Waals surface area contributed by atoms with Gasteiger partial charge in [-0.05, 0) is 18.1 Å². The Bertz CT molecular complexity index is 477. The Kier molecular flexibility index (Phi) is 5.57. The van der Waals surface area contributed by atoms with Crippen molar-refractivity contribution in [1.29, 1.82) is 0 Å². The molecule has 0 aliphatic heterocycles. The SMILES string of the molecule is CC(C)CNC(=O)CNC(=O)c1nc(N)ccc1Cl. The molecule has 0 fully saturated rings. The van der Waals surface area contributed by atoms with Crippen LogP contribution >= 0.6 is 11.6 Å². The third kappa shape index (κ3) is 5.13. The molecule has 19 heavy (non-hydrogen) atoms. The summed E-state index contributed by atoms with van der Waals surface area (Å²) < 4.78 is 0. The van der Waals surface area contributed by atoms with Gasteiger partial charge in [0.2, 0.25) is 5.91 Å². The molecule has 1 rings (SSSR count). The number of halogens is 1. The summed E-state index contributed by atoms with van der Waals surface area (Å²) in [5, 5.41) is 5.31. The zero-order valence-corrected chi connectivity index (χ0v) is 11.6. The van der Waals surface area contributed by atoms with Crippen LogP contribution in [0.2, 0.25) is 5.02 Å². The minimum absolute atomic E-state index is 0.0123. The third-order valence-corrected chi connectivity index (χ3v) is 2.50. The van der Waals surface area contributed by atoms with Gasteiger partial charge in [0.15, 0.2) is 0 Å². The number of pyridine rings is 1. The van der Waals surface area contributed by atoms with Crippen LogP contribution in [-0.4, -0.2) is 29.9 Å². The molecule has 2 amide bonds. The van der Waals surface area contributed by atoms with Gasteiger partial charge in [0.1, 0.15) is 11.5 Å². The van der Waals surface area contributed by atoms with E-state index < -0.39 is 5.91 Å². The van der Waals surface area contributed by atoms with Crippen molar-refractivity contribution >= 4 is 29.2 Å². The molecular formula is C12H17ClN4O2. The fraction of sp³-hybridized carbons (Fsp3) is 0.417. The molecule has 0 atom stereocenters. The smallest absolute Gasteiger partial charge is 0.271 e. The van der Waals surface area contributed by atoms with E-state index >= 15 is 0 Å². The van der Waals surface area contributed by atoms with Crippen LogP contribution in [0.5, 0.6) is 0 Å². The van der Waals surface area contributed by atoms with Crippen LogP contribution in [0.3, 0.4) is 0 Å². The van der Waals surface area contributed by atoms with E-state index in [0.29, 0.717) is 12.5 Å². The van der Waals surface area contributed by atoms with Gasteiger partial charge < -0.3 is 16.4 Å². The Balaban J connectivity index is 2.51. The van der Waals surface area contributed by atoms with Crippen molar-refractivity contribution in [2.24, 2.45) is 5.92 Å². The monoisotopic (exact) mass is 284 g/mol. The molecule has 0 aliphatic carbocycles. The van der Waals surface area contributed by atoms with Crippen molar-refractivity contribution in [2.75, 3.05) is 18.8 Å². The summed E-state index contributed by atoms with van der Waals surface area (Å²) in [6, 6.07) is 2.98. The molecule has 0 aromatic carbocycles. The molecule has 0 saturated carbocycles. The molecule has 1 aromatic heterocycles. The lowest BCUT2D eigenvalue weighted by Crippen LogP contribution is -2.38. The number of anilines is 1. The van der Waals surface area contributed by atoms with Crippen molar-refractivity contribution < 1.29 is 9.59 Å². The number of hydrogen-bond acceptors (Lipinski definition) is 4. The minimum Gasteiger partial charge on any atom is -0.384 e. The first kappa shape index (κ1) is 15.2. The van der Waals surface area contributed by atoms with E-state index in [4.69, 9.17) is 17.3 Å². The number of nitrogens with one attached hydrogen (secondary N) is 2. The number of aromatic nitrogens is 1.